The molecule has 0 heterocycles. The molecule has 138 valence electrons. The molecular weight excluding hydrogens is 280 g/mol. The number of hydrogen-bond acceptors (Lipinski definition) is 1. The van der Waals surface area contributed by atoms with Crippen LogP contribution in [0.5, 0.6) is 0 Å². The van der Waals surface area contributed by atoms with Gasteiger partial charge in [0.1, 0.15) is 0 Å². The molecule has 0 fully saturated rings. The van der Waals surface area contributed by atoms with Crippen LogP contribution in [0, 0.1) is 0 Å². The molecule has 0 aliphatic rings. The van der Waals surface area contributed by atoms with E-state index in [1.165, 1.54) is 103 Å². The lowest BCUT2D eigenvalue weighted by Crippen LogP contribution is -1.95. The Morgan fingerprint density at radius 1 is 0.565 bits per heavy atom. The minimum Gasteiger partial charge on any atom is -0.499 e. The molecule has 0 aromatic rings. The van der Waals surface area contributed by atoms with Gasteiger partial charge in [-0.25, -0.2) is 0 Å². The van der Waals surface area contributed by atoms with E-state index < -0.39 is 0 Å². The Hall–Kier alpha value is -0.460. The van der Waals surface area contributed by atoms with Crippen LogP contribution in [0.3, 0.4) is 0 Å². The number of allylic oxidation sites excluding steroid dienone is 1. The van der Waals surface area contributed by atoms with Crippen molar-refractivity contribution in [3.63, 3.8) is 0 Å². The highest BCUT2D eigenvalue weighted by Gasteiger charge is 1.97. The van der Waals surface area contributed by atoms with Crippen molar-refractivity contribution in [2.75, 3.05) is 6.61 Å². The lowest BCUT2D eigenvalue weighted by atomic mass is 10.1. The van der Waals surface area contributed by atoms with Crippen LogP contribution >= 0.6 is 0 Å². The van der Waals surface area contributed by atoms with Gasteiger partial charge in [0.15, 0.2) is 0 Å². The average molecular weight is 325 g/mol. The van der Waals surface area contributed by atoms with Gasteiger partial charge in [0, 0.05) is 6.42 Å². The summed E-state index contributed by atoms with van der Waals surface area (Å²) >= 11 is 0. The predicted octanol–water partition coefficient (Wildman–Crippen LogP) is 8.19. The summed E-state index contributed by atoms with van der Waals surface area (Å²) in [4.78, 5) is 0. The Morgan fingerprint density at radius 2 is 0.957 bits per heavy atom. The van der Waals surface area contributed by atoms with Crippen molar-refractivity contribution in [3.8, 4) is 0 Å². The molecule has 0 unspecified atom stereocenters. The summed E-state index contributed by atoms with van der Waals surface area (Å²) in [5.41, 5.74) is 0. The average Bonchev–Trinajstić information content (AvgIpc) is 2.56. The fraction of sp³-hybridized carbons (Fsp3) is 0.909. The summed E-state index contributed by atoms with van der Waals surface area (Å²) in [5, 5.41) is 0. The molecule has 0 saturated heterocycles. The van der Waals surface area contributed by atoms with E-state index in [0.29, 0.717) is 0 Å². The van der Waals surface area contributed by atoms with E-state index in [2.05, 4.69) is 20.4 Å². The maximum atomic E-state index is 5.75. The molecule has 0 atom stereocenters. The smallest absolute Gasteiger partial charge is 0.0888 e. The van der Waals surface area contributed by atoms with Crippen molar-refractivity contribution in [3.05, 3.63) is 12.3 Å². The van der Waals surface area contributed by atoms with Crippen LogP contribution in [0.1, 0.15) is 123 Å². The number of hydrogen-bond donors (Lipinski definition) is 0. The summed E-state index contributed by atoms with van der Waals surface area (Å²) < 4.78 is 5.75. The molecule has 0 aromatic heterocycles. The van der Waals surface area contributed by atoms with Crippen molar-refractivity contribution in [2.45, 2.75) is 123 Å². The van der Waals surface area contributed by atoms with E-state index in [4.69, 9.17) is 4.74 Å². The minimum absolute atomic E-state index is 0.880. The van der Waals surface area contributed by atoms with Gasteiger partial charge in [-0.1, -0.05) is 110 Å². The summed E-state index contributed by atoms with van der Waals surface area (Å²) in [6.07, 6.45) is 22.9. The maximum Gasteiger partial charge on any atom is 0.0888 e. The molecule has 0 N–H and O–H groups in total. The number of unbranched alkanes of at least 4 members (excludes halogenated alkanes) is 14. The van der Waals surface area contributed by atoms with Crippen molar-refractivity contribution in [1.82, 2.24) is 0 Å². The Labute approximate surface area is 147 Å². The zero-order valence-electron chi connectivity index (χ0n) is 16.3. The van der Waals surface area contributed by atoms with Gasteiger partial charge in [-0.15, -0.1) is 0 Å². The van der Waals surface area contributed by atoms with Crippen LogP contribution < -0.4 is 0 Å². The van der Waals surface area contributed by atoms with Crippen molar-refractivity contribution >= 4 is 0 Å². The highest BCUT2D eigenvalue weighted by Crippen LogP contribution is 2.13. The largest absolute Gasteiger partial charge is 0.499 e. The van der Waals surface area contributed by atoms with Crippen LogP contribution in [0.4, 0.5) is 0 Å². The van der Waals surface area contributed by atoms with Crippen LogP contribution in [0.2, 0.25) is 0 Å². The first-order valence-corrected chi connectivity index (χ1v) is 10.6. The number of rotatable bonds is 19. The lowest BCUT2D eigenvalue weighted by molar-refractivity contribution is 0.195. The second-order valence-corrected chi connectivity index (χ2v) is 7.09. The first kappa shape index (κ1) is 22.5. The fourth-order valence-electron chi connectivity index (χ4n) is 2.98. The van der Waals surface area contributed by atoms with Crippen LogP contribution in [0.15, 0.2) is 12.3 Å². The summed E-state index contributed by atoms with van der Waals surface area (Å²) in [7, 11) is 0. The first-order chi connectivity index (χ1) is 11.3. The topological polar surface area (TPSA) is 9.23 Å². The Bertz CT molecular complexity index is 234. The molecule has 0 rings (SSSR count). The van der Waals surface area contributed by atoms with Crippen LogP contribution in [-0.2, 0) is 4.74 Å². The molecule has 0 spiro atoms. The summed E-state index contributed by atoms with van der Waals surface area (Å²) in [6, 6.07) is 0. The zero-order chi connectivity index (χ0) is 17.0. The van der Waals surface area contributed by atoms with Gasteiger partial charge >= 0.3 is 0 Å². The molecule has 0 aliphatic heterocycles. The molecule has 1 nitrogen and oxygen atoms in total. The van der Waals surface area contributed by atoms with Crippen molar-refractivity contribution in [1.29, 1.82) is 0 Å². The molecule has 0 amide bonds. The van der Waals surface area contributed by atoms with Crippen molar-refractivity contribution in [2.24, 2.45) is 0 Å². The maximum absolute atomic E-state index is 5.75. The molecule has 23 heavy (non-hydrogen) atoms. The molecular formula is C22H44O. The highest BCUT2D eigenvalue weighted by molar-refractivity contribution is 4.81. The molecule has 0 bridgehead atoms. The molecule has 0 radical (unpaired) electrons. The van der Waals surface area contributed by atoms with Crippen LogP contribution in [0.25, 0.3) is 0 Å². The SMILES string of the molecule is C=C(CCCCCCCCCC)OCCCCCCCCCC. The molecule has 0 saturated carbocycles. The first-order valence-electron chi connectivity index (χ1n) is 10.6. The Morgan fingerprint density at radius 3 is 1.43 bits per heavy atom. The molecule has 0 aromatic carbocycles. The van der Waals surface area contributed by atoms with E-state index in [-0.39, 0.29) is 0 Å². The van der Waals surface area contributed by atoms with Crippen LogP contribution in [-0.4, -0.2) is 6.61 Å². The summed E-state index contributed by atoms with van der Waals surface area (Å²) in [6.45, 7) is 9.49. The Balaban J connectivity index is 3.13. The quantitative estimate of drug-likeness (QED) is 0.172. The van der Waals surface area contributed by atoms with Gasteiger partial charge in [-0.05, 0) is 12.8 Å². The monoisotopic (exact) mass is 324 g/mol. The zero-order valence-corrected chi connectivity index (χ0v) is 16.3. The second-order valence-electron chi connectivity index (χ2n) is 7.09. The van der Waals surface area contributed by atoms with E-state index in [9.17, 15) is 0 Å². The van der Waals surface area contributed by atoms with Gasteiger partial charge in [-0.3, -0.25) is 0 Å². The Kier molecular flexibility index (Phi) is 19.2. The fourth-order valence-corrected chi connectivity index (χ4v) is 2.98. The third kappa shape index (κ3) is 19.5. The van der Waals surface area contributed by atoms with Gasteiger partial charge in [0.05, 0.1) is 12.4 Å². The molecule has 1 heteroatoms. The highest BCUT2D eigenvalue weighted by atomic mass is 16.5. The van der Waals surface area contributed by atoms with Gasteiger partial charge in [-0.2, -0.15) is 0 Å². The van der Waals surface area contributed by atoms with Gasteiger partial charge < -0.3 is 4.74 Å². The summed E-state index contributed by atoms with van der Waals surface area (Å²) in [5.74, 6) is 1.01. The molecule has 0 aliphatic carbocycles. The number of ether oxygens (including phenoxy) is 1. The minimum atomic E-state index is 0.880. The second kappa shape index (κ2) is 19.6. The normalized spacial score (nSPS) is 10.9. The predicted molar refractivity (Wildman–Crippen MR) is 105 cm³/mol. The van der Waals surface area contributed by atoms with Gasteiger partial charge in [0.2, 0.25) is 0 Å². The van der Waals surface area contributed by atoms with E-state index in [1.54, 1.807) is 0 Å². The van der Waals surface area contributed by atoms with E-state index in [0.717, 1.165) is 18.8 Å². The third-order valence-electron chi connectivity index (χ3n) is 4.61. The third-order valence-corrected chi connectivity index (χ3v) is 4.61. The lowest BCUT2D eigenvalue weighted by Gasteiger charge is -2.09. The van der Waals surface area contributed by atoms with Crippen molar-refractivity contribution < 1.29 is 4.74 Å². The standard InChI is InChI=1S/C22H44O/c1-4-6-8-10-12-14-16-18-20-22(3)23-21-19-17-15-13-11-9-7-5-2/h3-21H2,1-2H3. The van der Waals surface area contributed by atoms with Gasteiger partial charge in [0.25, 0.3) is 0 Å². The van der Waals surface area contributed by atoms with E-state index >= 15 is 0 Å². The van der Waals surface area contributed by atoms with E-state index in [1.807, 2.05) is 0 Å².